The molecule has 0 unspecified atom stereocenters. The minimum atomic E-state index is -0.586. The largest absolute Gasteiger partial charge is 0.430 e. The maximum absolute atomic E-state index is 13.6. The number of carbonyl (C=O) groups is 1. The van der Waals surface area contributed by atoms with Crippen LogP contribution in [0.5, 0.6) is 0 Å². The molecule has 0 atom stereocenters. The number of nitrogens with zero attached hydrogens (tertiary/aromatic N) is 2. The Morgan fingerprint density at radius 1 is 1.41 bits per heavy atom. The van der Waals surface area contributed by atoms with E-state index >= 15 is 0 Å². The lowest BCUT2D eigenvalue weighted by Gasteiger charge is -2.05. The predicted octanol–water partition coefficient (Wildman–Crippen LogP) is 3.75. The second kappa shape index (κ2) is 6.33. The Balaban J connectivity index is 1.62. The predicted molar refractivity (Wildman–Crippen MR) is 82.6 cm³/mol. The third-order valence-corrected chi connectivity index (χ3v) is 3.74. The van der Waals surface area contributed by atoms with Crippen molar-refractivity contribution in [3.8, 4) is 0 Å². The van der Waals surface area contributed by atoms with Gasteiger partial charge in [-0.15, -0.1) is 0 Å². The highest BCUT2D eigenvalue weighted by atomic mass is 35.5. The van der Waals surface area contributed by atoms with Crippen molar-refractivity contribution in [3.05, 3.63) is 47.4 Å². The smallest absolute Gasteiger partial charge is 0.258 e. The van der Waals surface area contributed by atoms with Crippen molar-refractivity contribution in [2.75, 3.05) is 11.1 Å². The number of rotatable bonds is 4. The van der Waals surface area contributed by atoms with Gasteiger partial charge in [0.2, 0.25) is 5.91 Å². The van der Waals surface area contributed by atoms with Gasteiger partial charge in [0.1, 0.15) is 5.82 Å². The Labute approximate surface area is 133 Å². The molecule has 0 fully saturated rings. The maximum atomic E-state index is 13.6. The van der Waals surface area contributed by atoms with E-state index in [9.17, 15) is 9.18 Å². The zero-order chi connectivity index (χ0) is 15.5. The topological polar surface area (TPSA) is 68.0 Å². The van der Waals surface area contributed by atoms with Crippen LogP contribution in [0.2, 0.25) is 5.02 Å². The summed E-state index contributed by atoms with van der Waals surface area (Å²) in [5.41, 5.74) is 1.11. The molecule has 0 aliphatic rings. The summed E-state index contributed by atoms with van der Waals surface area (Å²) in [5.74, 6) is -0.923. The van der Waals surface area contributed by atoms with Crippen molar-refractivity contribution >= 4 is 46.2 Å². The molecule has 0 radical (unpaired) electrons. The van der Waals surface area contributed by atoms with E-state index in [4.69, 9.17) is 16.0 Å². The van der Waals surface area contributed by atoms with E-state index in [1.54, 1.807) is 18.3 Å². The number of fused-ring (bicyclic) bond motifs is 1. The normalized spacial score (nSPS) is 10.8. The fourth-order valence-corrected chi connectivity index (χ4v) is 2.50. The van der Waals surface area contributed by atoms with Gasteiger partial charge in [0.15, 0.2) is 11.2 Å². The summed E-state index contributed by atoms with van der Waals surface area (Å²) < 4.78 is 19.0. The van der Waals surface area contributed by atoms with Crippen LogP contribution in [-0.2, 0) is 4.79 Å². The zero-order valence-corrected chi connectivity index (χ0v) is 12.6. The van der Waals surface area contributed by atoms with E-state index in [1.807, 2.05) is 0 Å². The van der Waals surface area contributed by atoms with Crippen LogP contribution in [0.1, 0.15) is 0 Å². The molecule has 22 heavy (non-hydrogen) atoms. The second-order valence-corrected chi connectivity index (χ2v) is 5.63. The Kier molecular flexibility index (Phi) is 4.26. The lowest BCUT2D eigenvalue weighted by molar-refractivity contribution is -0.113. The summed E-state index contributed by atoms with van der Waals surface area (Å²) in [6.07, 6.45) is 1.61. The molecule has 0 spiro atoms. The van der Waals surface area contributed by atoms with Gasteiger partial charge in [-0.25, -0.2) is 9.37 Å². The molecule has 2 aromatic heterocycles. The van der Waals surface area contributed by atoms with Crippen LogP contribution in [0, 0.1) is 5.82 Å². The van der Waals surface area contributed by atoms with Gasteiger partial charge in [0.05, 0.1) is 11.4 Å². The molecule has 112 valence electrons. The van der Waals surface area contributed by atoms with Crippen LogP contribution in [0.15, 0.2) is 46.2 Å². The van der Waals surface area contributed by atoms with E-state index in [2.05, 4.69) is 15.3 Å². The second-order valence-electron chi connectivity index (χ2n) is 4.27. The van der Waals surface area contributed by atoms with Gasteiger partial charge in [-0.1, -0.05) is 23.4 Å². The van der Waals surface area contributed by atoms with Gasteiger partial charge in [-0.05, 0) is 30.3 Å². The minimum Gasteiger partial charge on any atom is -0.430 e. The first-order chi connectivity index (χ1) is 10.6. The lowest BCUT2D eigenvalue weighted by Crippen LogP contribution is -2.15. The molecule has 2 heterocycles. The molecule has 3 aromatic rings. The minimum absolute atomic E-state index is 0.0366. The quantitative estimate of drug-likeness (QED) is 0.734. The Hall–Kier alpha value is -2.12. The van der Waals surface area contributed by atoms with Crippen molar-refractivity contribution in [3.63, 3.8) is 0 Å². The third kappa shape index (κ3) is 3.37. The monoisotopic (exact) mass is 337 g/mol. The molecule has 1 amide bonds. The molecule has 0 saturated carbocycles. The molecule has 0 bridgehead atoms. The summed E-state index contributed by atoms with van der Waals surface area (Å²) in [7, 11) is 0. The highest BCUT2D eigenvalue weighted by Gasteiger charge is 2.11. The molecular weight excluding hydrogens is 329 g/mol. The number of thioether (sulfide) groups is 1. The van der Waals surface area contributed by atoms with Crippen molar-refractivity contribution < 1.29 is 13.6 Å². The molecule has 5 nitrogen and oxygen atoms in total. The van der Waals surface area contributed by atoms with Gasteiger partial charge < -0.3 is 9.73 Å². The van der Waals surface area contributed by atoms with Crippen molar-refractivity contribution in [1.29, 1.82) is 0 Å². The van der Waals surface area contributed by atoms with Crippen molar-refractivity contribution in [2.45, 2.75) is 5.22 Å². The van der Waals surface area contributed by atoms with E-state index in [0.29, 0.717) is 16.5 Å². The van der Waals surface area contributed by atoms with Gasteiger partial charge in [-0.3, -0.25) is 4.79 Å². The lowest BCUT2D eigenvalue weighted by atomic mass is 10.3. The highest BCUT2D eigenvalue weighted by molar-refractivity contribution is 7.99. The first-order valence-corrected chi connectivity index (χ1v) is 7.57. The number of carbonyl (C=O) groups excluding carboxylic acids is 1. The Morgan fingerprint density at radius 2 is 2.27 bits per heavy atom. The van der Waals surface area contributed by atoms with Crippen LogP contribution in [0.25, 0.3) is 11.2 Å². The number of anilines is 1. The van der Waals surface area contributed by atoms with Crippen LogP contribution < -0.4 is 5.32 Å². The number of benzene rings is 1. The number of aromatic nitrogens is 2. The molecule has 0 saturated heterocycles. The number of amides is 1. The number of hydrogen-bond donors (Lipinski definition) is 1. The van der Waals surface area contributed by atoms with E-state index < -0.39 is 5.82 Å². The molecule has 1 N–H and O–H groups in total. The highest BCUT2D eigenvalue weighted by Crippen LogP contribution is 2.23. The van der Waals surface area contributed by atoms with Crippen molar-refractivity contribution in [2.24, 2.45) is 0 Å². The number of oxazole rings is 1. The molecule has 8 heteroatoms. The molecule has 0 aliphatic heterocycles. The van der Waals surface area contributed by atoms with Gasteiger partial charge in [0.25, 0.3) is 5.22 Å². The SMILES string of the molecule is O=C(CSc1nc2ncccc2o1)Nc1ccc(Cl)cc1F. The third-order valence-electron chi connectivity index (χ3n) is 2.68. The summed E-state index contributed by atoms with van der Waals surface area (Å²) in [4.78, 5) is 20.0. The fourth-order valence-electron chi connectivity index (χ4n) is 1.72. The first-order valence-electron chi connectivity index (χ1n) is 6.21. The van der Waals surface area contributed by atoms with Crippen LogP contribution in [0.4, 0.5) is 10.1 Å². The van der Waals surface area contributed by atoms with Gasteiger partial charge in [-0.2, -0.15) is 4.98 Å². The van der Waals surface area contributed by atoms with Crippen LogP contribution in [0.3, 0.4) is 0 Å². The molecule has 1 aromatic carbocycles. The van der Waals surface area contributed by atoms with Crippen LogP contribution in [-0.4, -0.2) is 21.6 Å². The van der Waals surface area contributed by atoms with E-state index in [0.717, 1.165) is 17.8 Å². The van der Waals surface area contributed by atoms with Crippen molar-refractivity contribution in [1.82, 2.24) is 9.97 Å². The summed E-state index contributed by atoms with van der Waals surface area (Å²) >= 11 is 6.75. The summed E-state index contributed by atoms with van der Waals surface area (Å²) in [6.45, 7) is 0. The Bertz CT molecular complexity index is 807. The fraction of sp³-hybridized carbons (Fsp3) is 0.0714. The van der Waals surface area contributed by atoms with Gasteiger partial charge >= 0.3 is 0 Å². The Morgan fingerprint density at radius 3 is 3.05 bits per heavy atom. The average Bonchev–Trinajstić information content (AvgIpc) is 2.91. The van der Waals surface area contributed by atoms with E-state index in [-0.39, 0.29) is 22.4 Å². The van der Waals surface area contributed by atoms with Gasteiger partial charge in [0, 0.05) is 11.2 Å². The number of halogens is 2. The standard InChI is InChI=1S/C14H9ClFN3O2S/c15-8-3-4-10(9(16)6-8)18-12(20)7-22-14-19-13-11(21-14)2-1-5-17-13/h1-6H,7H2,(H,18,20). The molecule has 0 aliphatic carbocycles. The maximum Gasteiger partial charge on any atom is 0.258 e. The first kappa shape index (κ1) is 14.8. The number of hydrogen-bond acceptors (Lipinski definition) is 5. The number of nitrogens with one attached hydrogen (secondary N) is 1. The summed E-state index contributed by atoms with van der Waals surface area (Å²) in [6, 6.07) is 7.51. The average molecular weight is 338 g/mol. The summed E-state index contributed by atoms with van der Waals surface area (Å²) in [5, 5.41) is 3.06. The van der Waals surface area contributed by atoms with Crippen LogP contribution >= 0.6 is 23.4 Å². The number of pyridine rings is 1. The van der Waals surface area contributed by atoms with E-state index in [1.165, 1.54) is 12.1 Å². The molecular formula is C14H9ClFN3O2S. The molecule has 3 rings (SSSR count). The zero-order valence-electron chi connectivity index (χ0n) is 11.0.